The van der Waals surface area contributed by atoms with Gasteiger partial charge in [0.2, 0.25) is 0 Å². The SMILES string of the molecule is COc1ccc(C(=O)NCC2CC2C)cc1/C=C/C(=O)O. The Morgan fingerprint density at radius 2 is 2.19 bits per heavy atom. The van der Waals surface area contributed by atoms with Gasteiger partial charge in [-0.15, -0.1) is 0 Å². The Labute approximate surface area is 123 Å². The highest BCUT2D eigenvalue weighted by Crippen LogP contribution is 2.36. The Morgan fingerprint density at radius 1 is 1.48 bits per heavy atom. The molecule has 0 saturated heterocycles. The Morgan fingerprint density at radius 3 is 2.76 bits per heavy atom. The maximum Gasteiger partial charge on any atom is 0.328 e. The molecule has 2 N–H and O–H groups in total. The standard InChI is InChI=1S/C16H19NO4/c1-10-7-13(10)9-17-16(20)12-3-5-14(21-2)11(8-12)4-6-15(18)19/h3-6,8,10,13H,7,9H2,1-2H3,(H,17,20)(H,18,19)/b6-4+. The van der Waals surface area contributed by atoms with Gasteiger partial charge in [0.1, 0.15) is 5.75 Å². The summed E-state index contributed by atoms with van der Waals surface area (Å²) in [5.41, 5.74) is 1.06. The van der Waals surface area contributed by atoms with Crippen molar-refractivity contribution in [2.24, 2.45) is 11.8 Å². The van der Waals surface area contributed by atoms with E-state index < -0.39 is 5.97 Å². The van der Waals surface area contributed by atoms with E-state index in [-0.39, 0.29) is 5.91 Å². The lowest BCUT2D eigenvalue weighted by molar-refractivity contribution is -0.131. The van der Waals surface area contributed by atoms with Crippen molar-refractivity contribution in [3.05, 3.63) is 35.4 Å². The third-order valence-corrected chi connectivity index (χ3v) is 3.70. The van der Waals surface area contributed by atoms with E-state index in [1.54, 1.807) is 18.2 Å². The molecular formula is C16H19NO4. The summed E-state index contributed by atoms with van der Waals surface area (Å²) in [6, 6.07) is 4.96. The minimum atomic E-state index is -1.05. The number of carbonyl (C=O) groups is 2. The van der Waals surface area contributed by atoms with E-state index in [1.807, 2.05) is 0 Å². The summed E-state index contributed by atoms with van der Waals surface area (Å²) in [5, 5.41) is 11.6. The summed E-state index contributed by atoms with van der Waals surface area (Å²) in [6.07, 6.45) is 3.60. The van der Waals surface area contributed by atoms with Crippen LogP contribution in [0.3, 0.4) is 0 Å². The topological polar surface area (TPSA) is 75.6 Å². The molecule has 21 heavy (non-hydrogen) atoms. The number of carboxylic acids is 1. The third kappa shape index (κ3) is 4.08. The molecule has 1 aromatic carbocycles. The minimum absolute atomic E-state index is 0.151. The molecule has 1 aliphatic carbocycles. The molecule has 1 amide bonds. The number of amides is 1. The molecule has 0 aliphatic heterocycles. The van der Waals surface area contributed by atoms with Gasteiger partial charge in [0, 0.05) is 23.7 Å². The minimum Gasteiger partial charge on any atom is -0.496 e. The van der Waals surface area contributed by atoms with Crippen LogP contribution in [0.2, 0.25) is 0 Å². The molecule has 0 spiro atoms. The lowest BCUT2D eigenvalue weighted by atomic mass is 10.1. The van der Waals surface area contributed by atoms with Gasteiger partial charge in [0.15, 0.2) is 0 Å². The molecule has 5 heteroatoms. The van der Waals surface area contributed by atoms with Gasteiger partial charge in [-0.3, -0.25) is 4.79 Å². The maximum absolute atomic E-state index is 12.1. The van der Waals surface area contributed by atoms with Crippen LogP contribution in [0, 0.1) is 11.8 Å². The number of methoxy groups -OCH3 is 1. The van der Waals surface area contributed by atoms with Crippen molar-refractivity contribution in [2.45, 2.75) is 13.3 Å². The summed E-state index contributed by atoms with van der Waals surface area (Å²) >= 11 is 0. The maximum atomic E-state index is 12.1. The summed E-state index contributed by atoms with van der Waals surface area (Å²) in [6.45, 7) is 2.85. The zero-order valence-electron chi connectivity index (χ0n) is 12.1. The number of hydrogen-bond donors (Lipinski definition) is 2. The second-order valence-electron chi connectivity index (χ2n) is 5.31. The fourth-order valence-electron chi connectivity index (χ4n) is 2.18. The number of aliphatic carboxylic acids is 1. The summed E-state index contributed by atoms with van der Waals surface area (Å²) in [7, 11) is 1.50. The lowest BCUT2D eigenvalue weighted by Crippen LogP contribution is -2.25. The first-order chi connectivity index (χ1) is 10.0. The average Bonchev–Trinajstić information content (AvgIpc) is 3.17. The Bertz CT molecular complexity index is 580. The molecule has 0 aromatic heterocycles. The molecule has 1 aliphatic rings. The van der Waals surface area contributed by atoms with Crippen LogP contribution in [-0.2, 0) is 4.79 Å². The van der Waals surface area contributed by atoms with Crippen LogP contribution in [0.1, 0.15) is 29.3 Å². The summed E-state index contributed by atoms with van der Waals surface area (Å²) in [4.78, 5) is 22.7. The van der Waals surface area contributed by atoms with Crippen LogP contribution in [-0.4, -0.2) is 30.6 Å². The van der Waals surface area contributed by atoms with E-state index in [2.05, 4.69) is 12.2 Å². The van der Waals surface area contributed by atoms with Crippen molar-refractivity contribution in [3.8, 4) is 5.75 Å². The number of nitrogens with one attached hydrogen (secondary N) is 1. The molecular weight excluding hydrogens is 270 g/mol. The third-order valence-electron chi connectivity index (χ3n) is 3.70. The molecule has 112 valence electrons. The normalized spacial score (nSPS) is 20.3. The Hall–Kier alpha value is -2.30. The van der Waals surface area contributed by atoms with Gasteiger partial charge < -0.3 is 15.2 Å². The van der Waals surface area contributed by atoms with E-state index in [9.17, 15) is 9.59 Å². The summed E-state index contributed by atoms with van der Waals surface area (Å²) < 4.78 is 5.16. The van der Waals surface area contributed by atoms with E-state index in [0.717, 1.165) is 12.5 Å². The van der Waals surface area contributed by atoms with E-state index >= 15 is 0 Å². The second-order valence-corrected chi connectivity index (χ2v) is 5.31. The first-order valence-electron chi connectivity index (χ1n) is 6.88. The molecule has 0 heterocycles. The summed E-state index contributed by atoms with van der Waals surface area (Å²) in [5.74, 6) is 0.602. The lowest BCUT2D eigenvalue weighted by Gasteiger charge is -2.08. The fourth-order valence-corrected chi connectivity index (χ4v) is 2.18. The highest BCUT2D eigenvalue weighted by molar-refractivity contribution is 5.95. The van der Waals surface area contributed by atoms with Crippen LogP contribution in [0.5, 0.6) is 5.75 Å². The highest BCUT2D eigenvalue weighted by Gasteiger charge is 2.32. The number of carboxylic acid groups (broad SMARTS) is 1. The number of carbonyl (C=O) groups excluding carboxylic acids is 1. The van der Waals surface area contributed by atoms with Crippen molar-refractivity contribution in [2.75, 3.05) is 13.7 Å². The molecule has 5 nitrogen and oxygen atoms in total. The van der Waals surface area contributed by atoms with Crippen LogP contribution in [0.25, 0.3) is 6.08 Å². The van der Waals surface area contributed by atoms with E-state index in [1.165, 1.54) is 13.2 Å². The first kappa shape index (κ1) is 15.1. The molecule has 2 atom stereocenters. The van der Waals surface area contributed by atoms with Crippen LogP contribution >= 0.6 is 0 Å². The van der Waals surface area contributed by atoms with Crippen molar-refractivity contribution < 1.29 is 19.4 Å². The van der Waals surface area contributed by atoms with Gasteiger partial charge in [-0.05, 0) is 42.5 Å². The van der Waals surface area contributed by atoms with Gasteiger partial charge in [-0.1, -0.05) is 6.92 Å². The second kappa shape index (κ2) is 6.43. The van der Waals surface area contributed by atoms with Gasteiger partial charge in [-0.25, -0.2) is 4.79 Å². The quantitative estimate of drug-likeness (QED) is 0.787. The molecule has 1 fully saturated rings. The number of ether oxygens (including phenoxy) is 1. The predicted octanol–water partition coefficient (Wildman–Crippen LogP) is 2.18. The van der Waals surface area contributed by atoms with Gasteiger partial charge in [0.05, 0.1) is 7.11 Å². The van der Waals surface area contributed by atoms with E-state index in [4.69, 9.17) is 9.84 Å². The molecule has 0 radical (unpaired) electrons. The molecule has 2 rings (SSSR count). The Kier molecular flexibility index (Phi) is 4.62. The zero-order chi connectivity index (χ0) is 15.4. The van der Waals surface area contributed by atoms with Crippen LogP contribution < -0.4 is 10.1 Å². The molecule has 1 aromatic rings. The van der Waals surface area contributed by atoms with Gasteiger partial charge in [-0.2, -0.15) is 0 Å². The molecule has 1 saturated carbocycles. The smallest absolute Gasteiger partial charge is 0.328 e. The van der Waals surface area contributed by atoms with Crippen molar-refractivity contribution >= 4 is 18.0 Å². The van der Waals surface area contributed by atoms with Gasteiger partial charge in [0.25, 0.3) is 5.91 Å². The average molecular weight is 289 g/mol. The predicted molar refractivity (Wildman–Crippen MR) is 79.3 cm³/mol. The monoisotopic (exact) mass is 289 g/mol. The zero-order valence-corrected chi connectivity index (χ0v) is 12.1. The number of hydrogen-bond acceptors (Lipinski definition) is 3. The largest absolute Gasteiger partial charge is 0.496 e. The van der Waals surface area contributed by atoms with E-state index in [0.29, 0.717) is 35.3 Å². The highest BCUT2D eigenvalue weighted by atomic mass is 16.5. The molecule has 2 unspecified atom stereocenters. The Balaban J connectivity index is 2.10. The van der Waals surface area contributed by atoms with Gasteiger partial charge >= 0.3 is 5.97 Å². The van der Waals surface area contributed by atoms with Crippen molar-refractivity contribution in [1.82, 2.24) is 5.32 Å². The fraction of sp³-hybridized carbons (Fsp3) is 0.375. The van der Waals surface area contributed by atoms with Crippen LogP contribution in [0.4, 0.5) is 0 Å². The number of benzene rings is 1. The number of rotatable bonds is 6. The van der Waals surface area contributed by atoms with Crippen molar-refractivity contribution in [3.63, 3.8) is 0 Å². The molecule has 0 bridgehead atoms. The van der Waals surface area contributed by atoms with Crippen LogP contribution in [0.15, 0.2) is 24.3 Å². The van der Waals surface area contributed by atoms with Crippen molar-refractivity contribution in [1.29, 1.82) is 0 Å². The first-order valence-corrected chi connectivity index (χ1v) is 6.88.